The highest BCUT2D eigenvalue weighted by molar-refractivity contribution is 9.10. The number of hydrogen-bond acceptors (Lipinski definition) is 2. The number of nitrogens with one attached hydrogen (secondary N) is 1. The van der Waals surface area contributed by atoms with Crippen molar-refractivity contribution in [2.45, 2.75) is 10.8 Å². The van der Waals surface area contributed by atoms with Gasteiger partial charge in [0.1, 0.15) is 0 Å². The van der Waals surface area contributed by atoms with Gasteiger partial charge in [-0.2, -0.15) is 0 Å². The summed E-state index contributed by atoms with van der Waals surface area (Å²) in [7, 11) is 0. The van der Waals surface area contributed by atoms with E-state index in [0.29, 0.717) is 0 Å². The van der Waals surface area contributed by atoms with Gasteiger partial charge in [-0.05, 0) is 267 Å². The van der Waals surface area contributed by atoms with Crippen LogP contribution < -0.4 is 10.2 Å². The molecule has 0 bridgehead atoms. The van der Waals surface area contributed by atoms with E-state index in [0.717, 1.165) is 44.3 Å². The summed E-state index contributed by atoms with van der Waals surface area (Å²) in [6.07, 6.45) is 4.42. The van der Waals surface area contributed by atoms with Crippen LogP contribution in [0.1, 0.15) is 44.5 Å². The lowest BCUT2D eigenvalue weighted by molar-refractivity contribution is 0.766. The summed E-state index contributed by atoms with van der Waals surface area (Å²) < 4.78 is 5.76. The van der Waals surface area contributed by atoms with E-state index in [9.17, 15) is 0 Å². The second kappa shape index (κ2) is 35.4. The zero-order valence-electron chi connectivity index (χ0n) is 72.0. The summed E-state index contributed by atoms with van der Waals surface area (Å²) in [5, 5.41) is 5.91. The molecule has 5 heteroatoms. The van der Waals surface area contributed by atoms with Crippen molar-refractivity contribution < 1.29 is 0 Å². The molecule has 2 aliphatic rings. The monoisotopic (exact) mass is 1740 g/mol. The van der Waals surface area contributed by atoms with Crippen LogP contribution in [0.5, 0.6) is 0 Å². The Hall–Kier alpha value is -16.4. The molecule has 0 amide bonds. The third-order valence-electron chi connectivity index (χ3n) is 26.2. The molecule has 2 aliphatic carbocycles. The first-order valence-electron chi connectivity index (χ1n) is 44.8. The topological polar surface area (TPSA) is 25.1 Å². The zero-order chi connectivity index (χ0) is 87.4. The Labute approximate surface area is 774 Å². The van der Waals surface area contributed by atoms with Crippen molar-refractivity contribution in [1.82, 2.24) is 9.13 Å². The first kappa shape index (κ1) is 80.4. The molecule has 0 radical (unpaired) electrons. The maximum absolute atomic E-state index is 3.80. The van der Waals surface area contributed by atoms with Crippen molar-refractivity contribution in [3.63, 3.8) is 0 Å². The summed E-state index contributed by atoms with van der Waals surface area (Å²) in [5.74, 6) is 0. The fourth-order valence-corrected chi connectivity index (χ4v) is 20.3. The third kappa shape index (κ3) is 15.3. The SMILES string of the molecule is Brc1ccc2c(c1)C(c1ccccc1)(c1ccccc1)c1cc(-n3ccc4cc(-c5ccccc5)ccc43)ccc1-2.c1ccc(-c2ccc(N(c3ccc(-c4ccccc4)cc3)c3ccc4c(c3)C(c3ccccc3)(c3ccccc3)c3cc(-n5ccc6cc(-c7ccccc7)ccc65)ccc3-4)cc2)cc1.c1ccc(-c2ccc(Nc3ccc(-c4ccccc4)cc3)cc2)cc1. The summed E-state index contributed by atoms with van der Waals surface area (Å²) in [4.78, 5) is 2.41. The van der Waals surface area contributed by atoms with Crippen LogP contribution in [-0.4, -0.2) is 9.13 Å². The number of fused-ring (bicyclic) bond motifs is 8. The Morgan fingerprint density at radius 1 is 0.198 bits per heavy atom. The third-order valence-corrected chi connectivity index (χ3v) is 26.7. The van der Waals surface area contributed by atoms with Crippen molar-refractivity contribution in [3.8, 4) is 100 Å². The molecule has 620 valence electrons. The van der Waals surface area contributed by atoms with Gasteiger partial charge in [0, 0.05) is 67.5 Å². The highest BCUT2D eigenvalue weighted by Crippen LogP contribution is 2.60. The Morgan fingerprint density at radius 2 is 0.450 bits per heavy atom. The van der Waals surface area contributed by atoms with Crippen LogP contribution in [-0.2, 0) is 10.8 Å². The van der Waals surface area contributed by atoms with E-state index in [-0.39, 0.29) is 0 Å². The lowest BCUT2D eigenvalue weighted by Crippen LogP contribution is -2.29. The lowest BCUT2D eigenvalue weighted by Gasteiger charge is -2.35. The first-order valence-corrected chi connectivity index (χ1v) is 45.6. The molecule has 131 heavy (non-hydrogen) atoms. The minimum Gasteiger partial charge on any atom is -0.356 e. The van der Waals surface area contributed by atoms with E-state index >= 15 is 0 Å². The molecule has 20 aromatic carbocycles. The molecular formula is C126H89BrN4. The predicted molar refractivity (Wildman–Crippen MR) is 552 cm³/mol. The van der Waals surface area contributed by atoms with Crippen molar-refractivity contribution in [2.24, 2.45) is 0 Å². The van der Waals surface area contributed by atoms with Crippen LogP contribution in [0, 0.1) is 0 Å². The predicted octanol–water partition coefficient (Wildman–Crippen LogP) is 33.7. The van der Waals surface area contributed by atoms with Crippen LogP contribution in [0.2, 0.25) is 0 Å². The second-order valence-corrected chi connectivity index (χ2v) is 34.6. The van der Waals surface area contributed by atoms with Gasteiger partial charge in [0.05, 0.1) is 21.9 Å². The zero-order valence-corrected chi connectivity index (χ0v) is 73.6. The number of benzene rings is 20. The molecule has 0 spiro atoms. The van der Waals surface area contributed by atoms with Crippen molar-refractivity contribution in [2.75, 3.05) is 10.2 Å². The van der Waals surface area contributed by atoms with Gasteiger partial charge in [-0.25, -0.2) is 0 Å². The average molecular weight is 1740 g/mol. The van der Waals surface area contributed by atoms with Gasteiger partial charge in [-0.15, -0.1) is 0 Å². The van der Waals surface area contributed by atoms with E-state index in [4.69, 9.17) is 0 Å². The van der Waals surface area contributed by atoms with Crippen LogP contribution in [0.3, 0.4) is 0 Å². The second-order valence-electron chi connectivity index (χ2n) is 33.7. The highest BCUT2D eigenvalue weighted by Gasteiger charge is 2.48. The summed E-state index contributed by atoms with van der Waals surface area (Å²) in [6, 6.07) is 189. The van der Waals surface area contributed by atoms with Gasteiger partial charge in [0.25, 0.3) is 0 Å². The number of halogens is 1. The van der Waals surface area contributed by atoms with Gasteiger partial charge in [-0.1, -0.05) is 404 Å². The molecule has 2 heterocycles. The van der Waals surface area contributed by atoms with Crippen LogP contribution in [0.15, 0.2) is 539 Å². The van der Waals surface area contributed by atoms with Gasteiger partial charge in [0.15, 0.2) is 0 Å². The van der Waals surface area contributed by atoms with Gasteiger partial charge >= 0.3 is 0 Å². The summed E-state index contributed by atoms with van der Waals surface area (Å²) in [5.41, 5.74) is 38.9. The highest BCUT2D eigenvalue weighted by atomic mass is 79.9. The lowest BCUT2D eigenvalue weighted by atomic mass is 9.67. The van der Waals surface area contributed by atoms with Gasteiger partial charge in [-0.3, -0.25) is 0 Å². The Balaban J connectivity index is 0.000000129. The Kier molecular flexibility index (Phi) is 21.7. The molecule has 0 saturated carbocycles. The largest absolute Gasteiger partial charge is 0.356 e. The fraction of sp³-hybridized carbons (Fsp3) is 0.0159. The van der Waals surface area contributed by atoms with Crippen LogP contribution >= 0.6 is 15.9 Å². The molecule has 4 nitrogen and oxygen atoms in total. The van der Waals surface area contributed by atoms with Crippen molar-refractivity contribution in [3.05, 3.63) is 583 Å². The summed E-state index contributed by atoms with van der Waals surface area (Å²) >= 11 is 3.80. The normalized spacial score (nSPS) is 12.3. The van der Waals surface area contributed by atoms with E-state index in [1.54, 1.807) is 0 Å². The van der Waals surface area contributed by atoms with Gasteiger partial charge in [0.2, 0.25) is 0 Å². The van der Waals surface area contributed by atoms with E-state index in [1.165, 1.54) is 155 Å². The quantitative estimate of drug-likeness (QED) is 0.0983. The van der Waals surface area contributed by atoms with Crippen LogP contribution in [0.25, 0.3) is 122 Å². The molecule has 24 rings (SSSR count). The maximum Gasteiger partial charge on any atom is 0.0715 e. The smallest absolute Gasteiger partial charge is 0.0715 e. The van der Waals surface area contributed by atoms with Crippen LogP contribution in [0.4, 0.5) is 28.4 Å². The number of anilines is 5. The van der Waals surface area contributed by atoms with E-state index < -0.39 is 10.8 Å². The minimum absolute atomic E-state index is 0.434. The standard InChI is InChI=1S/C63H44N2.C39H26BrN.C24H19N/c1-6-16-45(17-7-1)48-26-31-54(32-27-48)65(55-33-28-49(29-34-55)46-18-8-2-9-19-46)57-36-38-59-58-37-35-56(64-41-40-51-42-50(30-39-62(51)64)47-20-10-3-11-21-47)43-60(58)63(61(59)44-57,52-22-12-4-13-23-52)53-24-14-5-15-25-53;40-32-17-19-34-35-20-18-33(41-23-22-29-24-28(16-21-38(29)41)27-10-4-1-5-11-27)26-37(35)39(36(34)25-32,30-12-6-2-7-13-30)31-14-8-3-9-15-31;1-3-7-19(8-4-1)21-11-15-23(16-12-21)25-24-17-13-22(14-18-24)20-9-5-2-6-10-20/h1-44H;1-26H;1-18,25H. The molecule has 22 aromatic rings. The maximum atomic E-state index is 3.80. The van der Waals surface area contributed by atoms with Crippen molar-refractivity contribution in [1.29, 1.82) is 0 Å². The number of hydrogen-bond donors (Lipinski definition) is 1. The Morgan fingerprint density at radius 3 is 0.779 bits per heavy atom. The minimum atomic E-state index is -0.608. The number of nitrogens with zero attached hydrogens (tertiary/aromatic N) is 3. The molecule has 0 saturated heterocycles. The van der Waals surface area contributed by atoms with Gasteiger partial charge < -0.3 is 19.4 Å². The number of aromatic nitrogens is 2. The first-order chi connectivity index (χ1) is 64.8. The van der Waals surface area contributed by atoms with E-state index in [2.05, 4.69) is 557 Å². The molecule has 0 unspecified atom stereocenters. The molecule has 2 aromatic heterocycles. The Bertz CT molecular complexity index is 7520. The number of rotatable bonds is 17. The average Bonchev–Trinajstić information content (AvgIpc) is 1.55. The molecule has 0 aliphatic heterocycles. The molecular weight excluding hydrogens is 1650 g/mol. The summed E-state index contributed by atoms with van der Waals surface area (Å²) in [6.45, 7) is 0. The van der Waals surface area contributed by atoms with Crippen molar-refractivity contribution >= 4 is 66.2 Å². The van der Waals surface area contributed by atoms with E-state index in [1.807, 2.05) is 12.1 Å². The molecule has 0 atom stereocenters. The molecule has 0 fully saturated rings. The molecule has 1 N–H and O–H groups in total. The fourth-order valence-electron chi connectivity index (χ4n) is 19.9.